The number of hydrogen-bond donors (Lipinski definition) is 1. The zero-order valence-electron chi connectivity index (χ0n) is 10.1. The Morgan fingerprint density at radius 1 is 1.27 bits per heavy atom. The molecule has 1 heterocycles. The van der Waals surface area contributed by atoms with Crippen LogP contribution < -0.4 is 5.73 Å². The van der Waals surface area contributed by atoms with Crippen LogP contribution in [0.25, 0.3) is 0 Å². The van der Waals surface area contributed by atoms with E-state index in [-0.39, 0.29) is 0 Å². The summed E-state index contributed by atoms with van der Waals surface area (Å²) in [5.74, 6) is 1.88. The lowest BCUT2D eigenvalue weighted by Gasteiger charge is -2.29. The van der Waals surface area contributed by atoms with Gasteiger partial charge in [-0.25, -0.2) is 0 Å². The summed E-state index contributed by atoms with van der Waals surface area (Å²) in [5.41, 5.74) is 5.70. The summed E-state index contributed by atoms with van der Waals surface area (Å²) >= 11 is 0. The zero-order valence-corrected chi connectivity index (χ0v) is 10.1. The zero-order chi connectivity index (χ0) is 10.7. The largest absolute Gasteiger partial charge is 0.330 e. The van der Waals surface area contributed by atoms with Crippen molar-refractivity contribution in [2.45, 2.75) is 51.5 Å². The fourth-order valence-corrected chi connectivity index (χ4v) is 3.55. The molecule has 0 amide bonds. The van der Waals surface area contributed by atoms with Crippen molar-refractivity contribution in [2.75, 3.05) is 19.6 Å². The first-order valence-corrected chi connectivity index (χ1v) is 6.79. The van der Waals surface area contributed by atoms with Gasteiger partial charge in [-0.3, -0.25) is 4.90 Å². The van der Waals surface area contributed by atoms with E-state index in [4.69, 9.17) is 5.73 Å². The number of nitrogens with two attached hydrogens (primary N) is 1. The summed E-state index contributed by atoms with van der Waals surface area (Å²) in [6, 6.07) is 0.880. The van der Waals surface area contributed by atoms with E-state index >= 15 is 0 Å². The fourth-order valence-electron chi connectivity index (χ4n) is 3.55. The van der Waals surface area contributed by atoms with Gasteiger partial charge in [0.25, 0.3) is 0 Å². The maximum atomic E-state index is 5.70. The molecule has 2 heteroatoms. The lowest BCUT2D eigenvalue weighted by molar-refractivity contribution is 0.185. The van der Waals surface area contributed by atoms with E-state index < -0.39 is 0 Å². The molecule has 1 aliphatic heterocycles. The number of likely N-dealkylation sites (tertiary alicyclic amines) is 1. The van der Waals surface area contributed by atoms with Crippen LogP contribution in [0, 0.1) is 11.8 Å². The van der Waals surface area contributed by atoms with Crippen LogP contribution in [0.3, 0.4) is 0 Å². The molecular formula is C13H26N2. The molecule has 0 radical (unpaired) electrons. The summed E-state index contributed by atoms with van der Waals surface area (Å²) < 4.78 is 0. The first-order valence-electron chi connectivity index (χ1n) is 6.79. The minimum Gasteiger partial charge on any atom is -0.330 e. The molecule has 0 aromatic rings. The predicted molar refractivity (Wildman–Crippen MR) is 64.8 cm³/mol. The Morgan fingerprint density at radius 3 is 2.80 bits per heavy atom. The Bertz CT molecular complexity index is 193. The molecule has 2 fully saturated rings. The van der Waals surface area contributed by atoms with Gasteiger partial charge < -0.3 is 5.73 Å². The Morgan fingerprint density at radius 2 is 2.13 bits per heavy atom. The van der Waals surface area contributed by atoms with Crippen LogP contribution in [0.15, 0.2) is 0 Å². The normalized spacial score (nSPS) is 37.6. The molecular weight excluding hydrogens is 184 g/mol. The smallest absolute Gasteiger partial charge is 0.0124 e. The van der Waals surface area contributed by atoms with Gasteiger partial charge >= 0.3 is 0 Å². The van der Waals surface area contributed by atoms with Crippen LogP contribution in [0.4, 0.5) is 0 Å². The number of rotatable bonds is 4. The van der Waals surface area contributed by atoms with Crippen molar-refractivity contribution in [3.05, 3.63) is 0 Å². The van der Waals surface area contributed by atoms with Gasteiger partial charge in [-0.1, -0.05) is 19.8 Å². The van der Waals surface area contributed by atoms with Crippen molar-refractivity contribution in [3.8, 4) is 0 Å². The number of nitrogens with zero attached hydrogens (tertiary/aromatic N) is 1. The van der Waals surface area contributed by atoms with Crippen molar-refractivity contribution in [2.24, 2.45) is 17.6 Å². The summed E-state index contributed by atoms with van der Waals surface area (Å²) in [5, 5.41) is 0. The van der Waals surface area contributed by atoms with Gasteiger partial charge in [0.05, 0.1) is 0 Å². The van der Waals surface area contributed by atoms with E-state index in [1.54, 1.807) is 0 Å². The summed E-state index contributed by atoms with van der Waals surface area (Å²) in [6.07, 6.45) is 8.34. The molecule has 1 aliphatic carbocycles. The lowest BCUT2D eigenvalue weighted by Crippen LogP contribution is -2.36. The van der Waals surface area contributed by atoms with Crippen LogP contribution in [0.1, 0.15) is 45.4 Å². The highest BCUT2D eigenvalue weighted by molar-refractivity contribution is 4.89. The SMILES string of the molecule is CCC1CCN(C2CCCC2CCN)C1. The van der Waals surface area contributed by atoms with E-state index in [9.17, 15) is 0 Å². The quantitative estimate of drug-likeness (QED) is 0.771. The predicted octanol–water partition coefficient (Wildman–Crippen LogP) is 2.24. The molecule has 0 spiro atoms. The van der Waals surface area contributed by atoms with Crippen LogP contribution in [-0.4, -0.2) is 30.6 Å². The van der Waals surface area contributed by atoms with Gasteiger partial charge in [0.2, 0.25) is 0 Å². The summed E-state index contributed by atoms with van der Waals surface area (Å²) in [7, 11) is 0. The van der Waals surface area contributed by atoms with Gasteiger partial charge in [0.15, 0.2) is 0 Å². The highest BCUT2D eigenvalue weighted by atomic mass is 15.2. The molecule has 15 heavy (non-hydrogen) atoms. The van der Waals surface area contributed by atoms with E-state index in [0.717, 1.165) is 24.4 Å². The lowest BCUT2D eigenvalue weighted by atomic mass is 9.98. The van der Waals surface area contributed by atoms with E-state index in [1.807, 2.05) is 0 Å². The molecule has 88 valence electrons. The van der Waals surface area contributed by atoms with Crippen molar-refractivity contribution in [1.29, 1.82) is 0 Å². The highest BCUT2D eigenvalue weighted by Gasteiger charge is 2.34. The second-order valence-corrected chi connectivity index (χ2v) is 5.39. The molecule has 1 saturated carbocycles. The average Bonchev–Trinajstić information content (AvgIpc) is 2.85. The molecule has 2 aliphatic rings. The van der Waals surface area contributed by atoms with E-state index in [2.05, 4.69) is 11.8 Å². The number of hydrogen-bond acceptors (Lipinski definition) is 2. The summed E-state index contributed by atoms with van der Waals surface area (Å²) in [4.78, 5) is 2.77. The molecule has 0 aromatic heterocycles. The standard InChI is InChI=1S/C13H26N2/c1-2-11-7-9-15(10-11)13-5-3-4-12(13)6-8-14/h11-13H,2-10,14H2,1H3. The van der Waals surface area contributed by atoms with E-state index in [1.165, 1.54) is 51.6 Å². The van der Waals surface area contributed by atoms with Crippen LogP contribution in [0.5, 0.6) is 0 Å². The van der Waals surface area contributed by atoms with Crippen molar-refractivity contribution in [3.63, 3.8) is 0 Å². The molecule has 2 N–H and O–H groups in total. The van der Waals surface area contributed by atoms with Crippen LogP contribution in [-0.2, 0) is 0 Å². The van der Waals surface area contributed by atoms with Gasteiger partial charge in [0.1, 0.15) is 0 Å². The minimum atomic E-state index is 0.880. The molecule has 0 bridgehead atoms. The average molecular weight is 210 g/mol. The Hall–Kier alpha value is -0.0800. The van der Waals surface area contributed by atoms with Crippen LogP contribution in [0.2, 0.25) is 0 Å². The molecule has 3 atom stereocenters. The summed E-state index contributed by atoms with van der Waals surface area (Å²) in [6.45, 7) is 5.93. The first kappa shape index (κ1) is 11.4. The van der Waals surface area contributed by atoms with Gasteiger partial charge in [-0.05, 0) is 50.6 Å². The highest BCUT2D eigenvalue weighted by Crippen LogP contribution is 2.35. The minimum absolute atomic E-state index is 0.880. The van der Waals surface area contributed by atoms with Crippen molar-refractivity contribution < 1.29 is 0 Å². The third-order valence-electron chi connectivity index (χ3n) is 4.52. The third kappa shape index (κ3) is 2.54. The second kappa shape index (κ2) is 5.31. The molecule has 1 saturated heterocycles. The van der Waals surface area contributed by atoms with Crippen LogP contribution >= 0.6 is 0 Å². The Labute approximate surface area is 94.2 Å². The Balaban J connectivity index is 1.87. The third-order valence-corrected chi connectivity index (χ3v) is 4.52. The molecule has 2 nitrogen and oxygen atoms in total. The van der Waals surface area contributed by atoms with Gasteiger partial charge in [-0.2, -0.15) is 0 Å². The first-order chi connectivity index (χ1) is 7.35. The second-order valence-electron chi connectivity index (χ2n) is 5.39. The molecule has 3 unspecified atom stereocenters. The molecule has 2 rings (SSSR count). The maximum absolute atomic E-state index is 5.70. The maximum Gasteiger partial charge on any atom is 0.0124 e. The van der Waals surface area contributed by atoms with Gasteiger partial charge in [0, 0.05) is 12.6 Å². The Kier molecular flexibility index (Phi) is 4.04. The van der Waals surface area contributed by atoms with Crippen molar-refractivity contribution in [1.82, 2.24) is 4.90 Å². The van der Waals surface area contributed by atoms with E-state index in [0.29, 0.717) is 0 Å². The fraction of sp³-hybridized carbons (Fsp3) is 1.00. The molecule has 0 aromatic carbocycles. The monoisotopic (exact) mass is 210 g/mol. The topological polar surface area (TPSA) is 29.3 Å². The van der Waals surface area contributed by atoms with Crippen molar-refractivity contribution >= 4 is 0 Å². The van der Waals surface area contributed by atoms with Gasteiger partial charge in [-0.15, -0.1) is 0 Å².